The standard InChI is InChI=1S/C14H12N2O3S/c1-8(11-4-5-12(19-11)14(17)18)16-9-2-3-10-13(6-9)20-7-15-10/h2-8,16H,1H3,(H,17,18). The second kappa shape index (κ2) is 4.97. The van der Waals surface area contributed by atoms with Gasteiger partial charge >= 0.3 is 5.97 Å². The van der Waals surface area contributed by atoms with Crippen molar-refractivity contribution in [3.63, 3.8) is 0 Å². The van der Waals surface area contributed by atoms with Crippen molar-refractivity contribution in [2.75, 3.05) is 5.32 Å². The van der Waals surface area contributed by atoms with Gasteiger partial charge in [0.05, 0.1) is 21.8 Å². The lowest BCUT2D eigenvalue weighted by molar-refractivity contribution is 0.0660. The third-order valence-corrected chi connectivity index (χ3v) is 3.77. The second-order valence-corrected chi connectivity index (χ2v) is 5.29. The molecule has 0 amide bonds. The van der Waals surface area contributed by atoms with E-state index in [9.17, 15) is 4.79 Å². The van der Waals surface area contributed by atoms with Crippen molar-refractivity contribution in [2.45, 2.75) is 13.0 Å². The molecule has 1 aromatic carbocycles. The van der Waals surface area contributed by atoms with Gasteiger partial charge in [0.1, 0.15) is 5.76 Å². The van der Waals surface area contributed by atoms with Crippen molar-refractivity contribution in [1.29, 1.82) is 0 Å². The van der Waals surface area contributed by atoms with Crippen molar-refractivity contribution in [3.05, 3.63) is 47.4 Å². The lowest BCUT2D eigenvalue weighted by Gasteiger charge is -2.12. The molecule has 1 atom stereocenters. The maximum absolute atomic E-state index is 10.8. The first kappa shape index (κ1) is 12.7. The molecule has 1 unspecified atom stereocenters. The van der Waals surface area contributed by atoms with Gasteiger partial charge in [0.15, 0.2) is 0 Å². The van der Waals surface area contributed by atoms with Gasteiger partial charge in [0.2, 0.25) is 5.76 Å². The highest BCUT2D eigenvalue weighted by molar-refractivity contribution is 7.16. The number of anilines is 1. The summed E-state index contributed by atoms with van der Waals surface area (Å²) in [5, 5.41) is 12.1. The first-order valence-corrected chi connectivity index (χ1v) is 6.94. The molecule has 0 spiro atoms. The van der Waals surface area contributed by atoms with Crippen molar-refractivity contribution in [1.82, 2.24) is 4.98 Å². The number of carbonyl (C=O) groups is 1. The van der Waals surface area contributed by atoms with Crippen molar-refractivity contribution in [3.8, 4) is 0 Å². The summed E-state index contributed by atoms with van der Waals surface area (Å²) < 4.78 is 6.38. The summed E-state index contributed by atoms with van der Waals surface area (Å²) in [6.45, 7) is 1.92. The molecule has 0 radical (unpaired) electrons. The van der Waals surface area contributed by atoms with Gasteiger partial charge < -0.3 is 14.8 Å². The summed E-state index contributed by atoms with van der Waals surface area (Å²) in [7, 11) is 0. The summed E-state index contributed by atoms with van der Waals surface area (Å²) in [5.41, 5.74) is 3.73. The number of aromatic carboxylic acids is 1. The predicted octanol–water partition coefficient (Wildman–Crippen LogP) is 3.76. The van der Waals surface area contributed by atoms with E-state index in [1.807, 2.05) is 30.6 Å². The van der Waals surface area contributed by atoms with Crippen LogP contribution in [0.4, 0.5) is 5.69 Å². The van der Waals surface area contributed by atoms with E-state index < -0.39 is 5.97 Å². The topological polar surface area (TPSA) is 75.4 Å². The molecule has 0 aliphatic carbocycles. The number of hydrogen-bond donors (Lipinski definition) is 2. The number of carboxylic acids is 1. The Kier molecular flexibility index (Phi) is 3.15. The number of aromatic nitrogens is 1. The zero-order chi connectivity index (χ0) is 14.1. The van der Waals surface area contributed by atoms with Crippen LogP contribution in [0, 0.1) is 0 Å². The molecule has 0 bridgehead atoms. The third-order valence-electron chi connectivity index (χ3n) is 2.98. The number of rotatable bonds is 4. The molecule has 2 aromatic heterocycles. The molecule has 2 N–H and O–H groups in total. The van der Waals surface area contributed by atoms with E-state index in [0.29, 0.717) is 5.76 Å². The van der Waals surface area contributed by atoms with Gasteiger partial charge in [-0.2, -0.15) is 0 Å². The average molecular weight is 288 g/mol. The number of carboxylic acid groups (broad SMARTS) is 1. The highest BCUT2D eigenvalue weighted by Crippen LogP contribution is 2.25. The van der Waals surface area contributed by atoms with E-state index in [2.05, 4.69) is 10.3 Å². The molecule has 2 heterocycles. The molecule has 3 aromatic rings. The Morgan fingerprint density at radius 1 is 1.40 bits per heavy atom. The minimum atomic E-state index is -1.06. The van der Waals surface area contributed by atoms with Crippen LogP contribution in [0.25, 0.3) is 10.2 Å². The summed E-state index contributed by atoms with van der Waals surface area (Å²) in [6.07, 6.45) is 0. The minimum absolute atomic E-state index is 0.0495. The van der Waals surface area contributed by atoms with Gasteiger partial charge in [0.25, 0.3) is 0 Å². The Balaban J connectivity index is 1.80. The normalized spacial score (nSPS) is 12.4. The summed E-state index contributed by atoms with van der Waals surface area (Å²) in [4.78, 5) is 15.0. The van der Waals surface area contributed by atoms with Crippen LogP contribution in [0.5, 0.6) is 0 Å². The van der Waals surface area contributed by atoms with Crippen molar-refractivity contribution >= 4 is 33.2 Å². The maximum Gasteiger partial charge on any atom is 0.371 e. The number of nitrogens with zero attached hydrogens (tertiary/aromatic N) is 1. The molecule has 6 heteroatoms. The van der Waals surface area contributed by atoms with Gasteiger partial charge in [-0.15, -0.1) is 11.3 Å². The largest absolute Gasteiger partial charge is 0.475 e. The molecular formula is C14H12N2O3S. The van der Waals surface area contributed by atoms with Crippen LogP contribution in [0.2, 0.25) is 0 Å². The molecule has 3 rings (SSSR count). The summed E-state index contributed by atoms with van der Waals surface area (Å²) in [5.74, 6) is -0.520. The average Bonchev–Trinajstić information content (AvgIpc) is 3.07. The summed E-state index contributed by atoms with van der Waals surface area (Å²) in [6, 6.07) is 8.93. The fraction of sp³-hybridized carbons (Fsp3) is 0.143. The molecule has 0 aliphatic heterocycles. The minimum Gasteiger partial charge on any atom is -0.475 e. The number of hydrogen-bond acceptors (Lipinski definition) is 5. The maximum atomic E-state index is 10.8. The van der Waals surface area contributed by atoms with E-state index in [0.717, 1.165) is 15.9 Å². The van der Waals surface area contributed by atoms with Crippen LogP contribution >= 0.6 is 11.3 Å². The zero-order valence-corrected chi connectivity index (χ0v) is 11.5. The Labute approximate surface area is 118 Å². The Hall–Kier alpha value is -2.34. The van der Waals surface area contributed by atoms with Gasteiger partial charge in [-0.25, -0.2) is 9.78 Å². The summed E-state index contributed by atoms with van der Waals surface area (Å²) >= 11 is 1.58. The molecule has 20 heavy (non-hydrogen) atoms. The highest BCUT2D eigenvalue weighted by atomic mass is 32.1. The Morgan fingerprint density at radius 3 is 3.00 bits per heavy atom. The molecule has 102 valence electrons. The predicted molar refractivity (Wildman–Crippen MR) is 77.3 cm³/mol. The first-order valence-electron chi connectivity index (χ1n) is 6.06. The lowest BCUT2D eigenvalue weighted by atomic mass is 10.2. The second-order valence-electron chi connectivity index (χ2n) is 4.41. The lowest BCUT2D eigenvalue weighted by Crippen LogP contribution is -2.05. The first-order chi connectivity index (χ1) is 9.63. The number of thiazole rings is 1. The molecule has 0 saturated heterocycles. The fourth-order valence-electron chi connectivity index (χ4n) is 1.97. The number of furan rings is 1. The van der Waals surface area contributed by atoms with Crippen molar-refractivity contribution < 1.29 is 14.3 Å². The van der Waals surface area contributed by atoms with Crippen LogP contribution in [-0.2, 0) is 0 Å². The molecular weight excluding hydrogens is 276 g/mol. The van der Waals surface area contributed by atoms with Crippen LogP contribution in [0.15, 0.2) is 40.3 Å². The van der Waals surface area contributed by atoms with Gasteiger partial charge in [-0.05, 0) is 37.3 Å². The van der Waals surface area contributed by atoms with Crippen LogP contribution in [0.1, 0.15) is 29.3 Å². The van der Waals surface area contributed by atoms with E-state index in [-0.39, 0.29) is 11.8 Å². The van der Waals surface area contributed by atoms with Gasteiger partial charge in [0, 0.05) is 5.69 Å². The van der Waals surface area contributed by atoms with Gasteiger partial charge in [-0.3, -0.25) is 0 Å². The van der Waals surface area contributed by atoms with E-state index in [1.165, 1.54) is 6.07 Å². The zero-order valence-electron chi connectivity index (χ0n) is 10.7. The van der Waals surface area contributed by atoms with E-state index in [1.54, 1.807) is 17.4 Å². The quantitative estimate of drug-likeness (QED) is 0.764. The van der Waals surface area contributed by atoms with E-state index in [4.69, 9.17) is 9.52 Å². The monoisotopic (exact) mass is 288 g/mol. The third kappa shape index (κ3) is 2.37. The Bertz CT molecular complexity index is 762. The number of nitrogens with one attached hydrogen (secondary N) is 1. The van der Waals surface area contributed by atoms with Gasteiger partial charge in [-0.1, -0.05) is 0 Å². The molecule has 0 saturated carbocycles. The smallest absolute Gasteiger partial charge is 0.371 e. The van der Waals surface area contributed by atoms with Crippen LogP contribution in [0.3, 0.4) is 0 Å². The fourth-order valence-corrected chi connectivity index (χ4v) is 2.68. The highest BCUT2D eigenvalue weighted by Gasteiger charge is 2.14. The van der Waals surface area contributed by atoms with E-state index >= 15 is 0 Å². The van der Waals surface area contributed by atoms with Crippen molar-refractivity contribution in [2.24, 2.45) is 0 Å². The van der Waals surface area contributed by atoms with Crippen LogP contribution < -0.4 is 5.32 Å². The Morgan fingerprint density at radius 2 is 2.25 bits per heavy atom. The molecule has 0 fully saturated rings. The SMILES string of the molecule is CC(Nc1ccc2ncsc2c1)c1ccc(C(=O)O)o1. The molecule has 0 aliphatic rings. The molecule has 5 nitrogen and oxygen atoms in total. The van der Waals surface area contributed by atoms with Crippen LogP contribution in [-0.4, -0.2) is 16.1 Å². The number of fused-ring (bicyclic) bond motifs is 1. The number of benzene rings is 1.